The number of ether oxygens (including phenoxy) is 2. The van der Waals surface area contributed by atoms with Crippen molar-refractivity contribution in [3.05, 3.63) is 45.1 Å². The number of rotatable bonds is 6. The van der Waals surface area contributed by atoms with Gasteiger partial charge in [-0.2, -0.15) is 0 Å². The third kappa shape index (κ3) is 5.04. The minimum Gasteiger partial charge on any atom is -0.493 e. The molecule has 6 nitrogen and oxygen atoms in total. The largest absolute Gasteiger partial charge is 0.493 e. The molecule has 1 aromatic carbocycles. The van der Waals surface area contributed by atoms with Gasteiger partial charge >= 0.3 is 0 Å². The van der Waals surface area contributed by atoms with Crippen molar-refractivity contribution in [3.63, 3.8) is 0 Å². The van der Waals surface area contributed by atoms with Crippen LogP contribution in [0.5, 0.6) is 11.5 Å². The van der Waals surface area contributed by atoms with Gasteiger partial charge < -0.3 is 9.47 Å². The van der Waals surface area contributed by atoms with Crippen molar-refractivity contribution in [2.24, 2.45) is 0 Å². The van der Waals surface area contributed by atoms with Crippen LogP contribution >= 0.6 is 11.3 Å². The molecule has 0 bridgehead atoms. The first-order chi connectivity index (χ1) is 13.6. The van der Waals surface area contributed by atoms with E-state index in [1.165, 1.54) is 41.0 Å². The average molecular weight is 403 g/mol. The van der Waals surface area contributed by atoms with Gasteiger partial charge in [0, 0.05) is 11.3 Å². The summed E-state index contributed by atoms with van der Waals surface area (Å²) in [7, 11) is 3.16. The van der Waals surface area contributed by atoms with E-state index in [1.54, 1.807) is 14.2 Å². The Morgan fingerprint density at radius 1 is 1.00 bits per heavy atom. The topological polar surface area (TPSA) is 76.7 Å². The van der Waals surface area contributed by atoms with Crippen molar-refractivity contribution in [3.8, 4) is 11.5 Å². The molecule has 2 amide bonds. The van der Waals surface area contributed by atoms with E-state index >= 15 is 0 Å². The zero-order valence-corrected chi connectivity index (χ0v) is 17.1. The Morgan fingerprint density at radius 2 is 1.79 bits per heavy atom. The number of thiophene rings is 1. The van der Waals surface area contributed by atoms with E-state index in [9.17, 15) is 9.59 Å². The Bertz CT molecular complexity index is 823. The van der Waals surface area contributed by atoms with Gasteiger partial charge in [-0.1, -0.05) is 12.5 Å². The van der Waals surface area contributed by atoms with Crippen LogP contribution in [0.4, 0.5) is 0 Å². The van der Waals surface area contributed by atoms with E-state index in [2.05, 4.69) is 10.9 Å². The highest BCUT2D eigenvalue weighted by Gasteiger charge is 2.17. The number of nitrogens with one attached hydrogen (secondary N) is 2. The highest BCUT2D eigenvalue weighted by molar-refractivity contribution is 7.14. The number of hydrogen-bond acceptors (Lipinski definition) is 5. The van der Waals surface area contributed by atoms with Crippen LogP contribution in [-0.4, -0.2) is 26.0 Å². The summed E-state index contributed by atoms with van der Waals surface area (Å²) in [6.07, 6.45) is 6.49. The van der Waals surface area contributed by atoms with Gasteiger partial charge in [0.1, 0.15) is 0 Å². The monoisotopic (exact) mass is 402 g/mol. The van der Waals surface area contributed by atoms with Crippen LogP contribution < -0.4 is 20.3 Å². The summed E-state index contributed by atoms with van der Waals surface area (Å²) in [5, 5.41) is 0. The zero-order chi connectivity index (χ0) is 19.9. The molecule has 2 aromatic rings. The molecule has 1 aliphatic rings. The summed E-state index contributed by atoms with van der Waals surface area (Å²) in [4.78, 5) is 26.4. The summed E-state index contributed by atoms with van der Waals surface area (Å²) in [5.41, 5.74) is 7.28. The van der Waals surface area contributed by atoms with Crippen LogP contribution in [0.25, 0.3) is 0 Å². The Balaban J connectivity index is 1.48. The molecule has 0 aliphatic heterocycles. The van der Waals surface area contributed by atoms with Crippen LogP contribution in [0, 0.1) is 0 Å². The molecular formula is C21H26N2O4S. The van der Waals surface area contributed by atoms with Crippen molar-refractivity contribution < 1.29 is 19.1 Å². The highest BCUT2D eigenvalue weighted by atomic mass is 32.1. The molecule has 0 saturated carbocycles. The number of hydrogen-bond donors (Lipinski definition) is 2. The smallest absolute Gasteiger partial charge is 0.279 e. The van der Waals surface area contributed by atoms with Crippen molar-refractivity contribution in [1.82, 2.24) is 10.9 Å². The summed E-state index contributed by atoms with van der Waals surface area (Å²) in [5.74, 6) is 0.794. The normalized spacial score (nSPS) is 13.2. The molecule has 7 heteroatoms. The van der Waals surface area contributed by atoms with Crippen molar-refractivity contribution in [1.29, 1.82) is 0 Å². The number of benzene rings is 1. The maximum atomic E-state index is 12.3. The molecule has 0 fully saturated rings. The van der Waals surface area contributed by atoms with Crippen molar-refractivity contribution in [2.45, 2.75) is 44.9 Å². The molecule has 0 unspecified atom stereocenters. The number of hydrazine groups is 1. The van der Waals surface area contributed by atoms with Crippen LogP contribution in [0.15, 0.2) is 24.3 Å². The molecule has 1 heterocycles. The molecular weight excluding hydrogens is 376 g/mol. The third-order valence-electron chi connectivity index (χ3n) is 4.87. The van der Waals surface area contributed by atoms with Gasteiger partial charge in [-0.25, -0.2) is 0 Å². The van der Waals surface area contributed by atoms with Crippen LogP contribution in [0.1, 0.15) is 51.4 Å². The molecule has 0 radical (unpaired) electrons. The summed E-state index contributed by atoms with van der Waals surface area (Å²) < 4.78 is 10.5. The lowest BCUT2D eigenvalue weighted by atomic mass is 10.1. The van der Waals surface area contributed by atoms with Crippen LogP contribution in [0.2, 0.25) is 0 Å². The number of amides is 2. The summed E-state index contributed by atoms with van der Waals surface area (Å²) >= 11 is 1.54. The van der Waals surface area contributed by atoms with Gasteiger partial charge in [0.05, 0.1) is 19.1 Å². The number of fused-ring (bicyclic) bond motifs is 1. The maximum absolute atomic E-state index is 12.3. The van der Waals surface area contributed by atoms with Crippen molar-refractivity contribution in [2.75, 3.05) is 14.2 Å². The molecule has 0 spiro atoms. The average Bonchev–Trinajstić information content (AvgIpc) is 3.00. The maximum Gasteiger partial charge on any atom is 0.279 e. The summed E-state index contributed by atoms with van der Waals surface area (Å²) in [6.45, 7) is 0. The lowest BCUT2D eigenvalue weighted by Crippen LogP contribution is -2.41. The zero-order valence-electron chi connectivity index (χ0n) is 16.3. The van der Waals surface area contributed by atoms with E-state index in [4.69, 9.17) is 9.47 Å². The molecule has 150 valence electrons. The predicted octanol–water partition coefficient (Wildman–Crippen LogP) is 3.43. The number of carbonyl (C=O) groups is 2. The number of carbonyl (C=O) groups excluding carboxylic acids is 2. The minimum absolute atomic E-state index is 0.235. The first kappa shape index (κ1) is 20.2. The van der Waals surface area contributed by atoms with Gasteiger partial charge in [-0.05, 0) is 61.4 Å². The van der Waals surface area contributed by atoms with Gasteiger partial charge in [-0.15, -0.1) is 11.3 Å². The van der Waals surface area contributed by atoms with Crippen LogP contribution in [-0.2, 0) is 24.1 Å². The molecule has 0 atom stereocenters. The Hall–Kier alpha value is -2.54. The lowest BCUT2D eigenvalue weighted by Gasteiger charge is -2.10. The summed E-state index contributed by atoms with van der Waals surface area (Å²) in [6, 6.07) is 7.53. The lowest BCUT2D eigenvalue weighted by molar-refractivity contribution is -0.121. The highest BCUT2D eigenvalue weighted by Crippen LogP contribution is 2.29. The second-order valence-electron chi connectivity index (χ2n) is 6.81. The molecule has 2 N–H and O–H groups in total. The first-order valence-electron chi connectivity index (χ1n) is 9.52. The fourth-order valence-corrected chi connectivity index (χ4v) is 4.47. The number of aryl methyl sites for hydroxylation is 3. The van der Waals surface area contributed by atoms with Crippen LogP contribution in [0.3, 0.4) is 0 Å². The van der Waals surface area contributed by atoms with Crippen molar-refractivity contribution >= 4 is 23.2 Å². The molecule has 3 rings (SSSR count). The Kier molecular flexibility index (Phi) is 6.92. The fraction of sp³-hybridized carbons (Fsp3) is 0.429. The predicted molar refractivity (Wildman–Crippen MR) is 109 cm³/mol. The van der Waals surface area contributed by atoms with Gasteiger partial charge in [0.2, 0.25) is 5.91 Å². The van der Waals surface area contributed by atoms with Gasteiger partial charge in [-0.3, -0.25) is 20.4 Å². The molecule has 1 aromatic heterocycles. The number of methoxy groups -OCH3 is 2. The Morgan fingerprint density at radius 3 is 2.57 bits per heavy atom. The SMILES string of the molecule is COc1ccc(CCC(=O)NNC(=O)c2cc3c(s2)CCCCC3)cc1OC. The molecule has 0 saturated heterocycles. The van der Waals surface area contributed by atoms with E-state index in [1.807, 2.05) is 24.3 Å². The third-order valence-corrected chi connectivity index (χ3v) is 6.11. The quantitative estimate of drug-likeness (QED) is 0.573. The van der Waals surface area contributed by atoms with E-state index in [0.717, 1.165) is 18.4 Å². The van der Waals surface area contributed by atoms with Gasteiger partial charge in [0.25, 0.3) is 5.91 Å². The second-order valence-corrected chi connectivity index (χ2v) is 7.95. The minimum atomic E-state index is -0.252. The molecule has 1 aliphatic carbocycles. The standard InChI is InChI=1S/C21H26N2O4S/c1-26-16-10-8-14(12-17(16)27-2)9-11-20(24)22-23-21(25)19-13-15-6-4-3-5-7-18(15)28-19/h8,10,12-13H,3-7,9,11H2,1-2H3,(H,22,24)(H,23,25). The van der Waals surface area contributed by atoms with E-state index in [0.29, 0.717) is 22.8 Å². The van der Waals surface area contributed by atoms with E-state index < -0.39 is 0 Å². The Labute approximate surface area is 169 Å². The first-order valence-corrected chi connectivity index (χ1v) is 10.3. The fourth-order valence-electron chi connectivity index (χ4n) is 3.32. The van der Waals surface area contributed by atoms with Gasteiger partial charge in [0.15, 0.2) is 11.5 Å². The van der Waals surface area contributed by atoms with E-state index in [-0.39, 0.29) is 18.2 Å². The molecule has 28 heavy (non-hydrogen) atoms. The second kappa shape index (κ2) is 9.59.